The largest absolute Gasteiger partial charge is 0.334 e. The summed E-state index contributed by atoms with van der Waals surface area (Å²) in [5.41, 5.74) is 1.30. The number of halogens is 1. The van der Waals surface area contributed by atoms with Gasteiger partial charge in [-0.1, -0.05) is 17.7 Å². The van der Waals surface area contributed by atoms with Crippen molar-refractivity contribution in [2.24, 2.45) is 0 Å². The van der Waals surface area contributed by atoms with Gasteiger partial charge in [-0.2, -0.15) is 5.10 Å². The highest BCUT2D eigenvalue weighted by molar-refractivity contribution is 6.30. The molecule has 1 aliphatic heterocycles. The van der Waals surface area contributed by atoms with E-state index in [2.05, 4.69) is 17.3 Å². The van der Waals surface area contributed by atoms with Gasteiger partial charge in [-0.05, 0) is 31.2 Å². The normalized spacial score (nSPS) is 18.8. The van der Waals surface area contributed by atoms with Crippen molar-refractivity contribution in [3.05, 3.63) is 47.2 Å². The van der Waals surface area contributed by atoms with E-state index in [-0.39, 0.29) is 5.91 Å². The molecule has 5 nitrogen and oxygen atoms in total. The minimum absolute atomic E-state index is 0.0240. The fraction of sp³-hybridized carbons (Fsp3) is 0.333. The maximum absolute atomic E-state index is 12.5. The highest BCUT2D eigenvalue weighted by atomic mass is 35.5. The number of hydrogen-bond acceptors (Lipinski definition) is 3. The molecule has 2 heterocycles. The number of carbonyl (C=O) groups is 1. The Labute approximate surface area is 128 Å². The van der Waals surface area contributed by atoms with Crippen molar-refractivity contribution >= 4 is 17.5 Å². The fourth-order valence-corrected chi connectivity index (χ4v) is 2.66. The minimum atomic E-state index is -0.0240. The Morgan fingerprint density at radius 1 is 1.43 bits per heavy atom. The maximum atomic E-state index is 12.5. The molecule has 0 aliphatic carbocycles. The van der Waals surface area contributed by atoms with E-state index in [0.29, 0.717) is 29.8 Å². The molecule has 0 saturated carbocycles. The predicted octanol–water partition coefficient (Wildman–Crippen LogP) is 1.96. The molecule has 3 rings (SSSR count). The predicted molar refractivity (Wildman–Crippen MR) is 81.9 cm³/mol. The molecule has 1 atom stereocenters. The van der Waals surface area contributed by atoms with Crippen molar-refractivity contribution in [2.75, 3.05) is 19.6 Å². The summed E-state index contributed by atoms with van der Waals surface area (Å²) in [5.74, 6) is -0.0240. The second kappa shape index (κ2) is 5.87. The van der Waals surface area contributed by atoms with E-state index in [1.807, 2.05) is 29.2 Å². The van der Waals surface area contributed by atoms with Crippen molar-refractivity contribution < 1.29 is 4.79 Å². The summed E-state index contributed by atoms with van der Waals surface area (Å²) in [5, 5.41) is 8.33. The lowest BCUT2D eigenvalue weighted by Crippen LogP contribution is -2.51. The Kier molecular flexibility index (Phi) is 3.94. The average molecular weight is 305 g/mol. The molecule has 110 valence electrons. The van der Waals surface area contributed by atoms with E-state index >= 15 is 0 Å². The first-order valence-corrected chi connectivity index (χ1v) is 7.35. The molecule has 1 aromatic heterocycles. The van der Waals surface area contributed by atoms with Crippen LogP contribution in [0.15, 0.2) is 36.5 Å². The van der Waals surface area contributed by atoms with Gasteiger partial charge in [0.1, 0.15) is 0 Å². The van der Waals surface area contributed by atoms with Gasteiger partial charge in [0.2, 0.25) is 0 Å². The number of piperazine rings is 1. The van der Waals surface area contributed by atoms with E-state index in [9.17, 15) is 4.79 Å². The molecule has 1 fully saturated rings. The van der Waals surface area contributed by atoms with E-state index in [0.717, 1.165) is 12.2 Å². The van der Waals surface area contributed by atoms with Gasteiger partial charge >= 0.3 is 0 Å². The van der Waals surface area contributed by atoms with Crippen molar-refractivity contribution in [3.63, 3.8) is 0 Å². The third kappa shape index (κ3) is 3.09. The van der Waals surface area contributed by atoms with Crippen molar-refractivity contribution in [2.45, 2.75) is 13.0 Å². The SMILES string of the molecule is CC1CN(C(=O)c2ccn(-c3cccc(Cl)c3)n2)CCN1. The number of nitrogens with zero attached hydrogens (tertiary/aromatic N) is 3. The van der Waals surface area contributed by atoms with E-state index < -0.39 is 0 Å². The topological polar surface area (TPSA) is 50.2 Å². The van der Waals surface area contributed by atoms with Gasteiger partial charge in [0, 0.05) is 36.9 Å². The van der Waals surface area contributed by atoms with Crippen LogP contribution in [0.4, 0.5) is 0 Å². The monoisotopic (exact) mass is 304 g/mol. The second-order valence-electron chi connectivity index (χ2n) is 5.23. The lowest BCUT2D eigenvalue weighted by molar-refractivity contribution is 0.0702. The Morgan fingerprint density at radius 3 is 3.05 bits per heavy atom. The standard InChI is InChI=1S/C15H17ClN4O/c1-11-10-19(8-6-17-11)15(21)14-5-7-20(18-14)13-4-2-3-12(16)9-13/h2-5,7,9,11,17H,6,8,10H2,1H3. The summed E-state index contributed by atoms with van der Waals surface area (Å²) < 4.78 is 1.67. The number of amides is 1. The molecule has 0 spiro atoms. The van der Waals surface area contributed by atoms with Gasteiger partial charge in [0.25, 0.3) is 5.91 Å². The molecule has 1 aromatic carbocycles. The Hall–Kier alpha value is -1.85. The van der Waals surface area contributed by atoms with Crippen molar-refractivity contribution in [3.8, 4) is 5.69 Å². The summed E-state index contributed by atoms with van der Waals surface area (Å²) >= 11 is 5.98. The van der Waals surface area contributed by atoms with Gasteiger partial charge in [0.05, 0.1) is 5.69 Å². The van der Waals surface area contributed by atoms with Gasteiger partial charge in [-0.3, -0.25) is 4.79 Å². The second-order valence-corrected chi connectivity index (χ2v) is 5.67. The number of nitrogens with one attached hydrogen (secondary N) is 1. The first-order valence-electron chi connectivity index (χ1n) is 6.98. The smallest absolute Gasteiger partial charge is 0.274 e. The third-order valence-corrected chi connectivity index (χ3v) is 3.77. The Morgan fingerprint density at radius 2 is 2.29 bits per heavy atom. The molecular formula is C15H17ClN4O. The van der Waals surface area contributed by atoms with Gasteiger partial charge in [-0.25, -0.2) is 4.68 Å². The molecule has 6 heteroatoms. The summed E-state index contributed by atoms with van der Waals surface area (Å²) in [6, 6.07) is 9.45. The minimum Gasteiger partial charge on any atom is -0.334 e. The summed E-state index contributed by atoms with van der Waals surface area (Å²) in [6.07, 6.45) is 1.78. The van der Waals surface area contributed by atoms with Gasteiger partial charge in [0.15, 0.2) is 5.69 Å². The van der Waals surface area contributed by atoms with Crippen LogP contribution >= 0.6 is 11.6 Å². The molecule has 1 saturated heterocycles. The van der Waals surface area contributed by atoms with Crippen LogP contribution in [0.1, 0.15) is 17.4 Å². The van der Waals surface area contributed by atoms with E-state index in [4.69, 9.17) is 11.6 Å². The summed E-state index contributed by atoms with van der Waals surface area (Å²) in [4.78, 5) is 14.3. The number of aromatic nitrogens is 2. The van der Waals surface area contributed by atoms with E-state index in [1.54, 1.807) is 16.9 Å². The molecule has 1 N–H and O–H groups in total. The lowest BCUT2D eigenvalue weighted by Gasteiger charge is -2.31. The Bertz CT molecular complexity index is 655. The van der Waals surface area contributed by atoms with Crippen molar-refractivity contribution in [1.82, 2.24) is 20.0 Å². The average Bonchev–Trinajstić information content (AvgIpc) is 2.96. The highest BCUT2D eigenvalue weighted by Crippen LogP contribution is 2.15. The molecule has 0 bridgehead atoms. The van der Waals surface area contributed by atoms with Crippen molar-refractivity contribution in [1.29, 1.82) is 0 Å². The van der Waals surface area contributed by atoms with Crippen LogP contribution in [-0.4, -0.2) is 46.3 Å². The third-order valence-electron chi connectivity index (χ3n) is 3.54. The van der Waals surface area contributed by atoms with Crippen LogP contribution in [-0.2, 0) is 0 Å². The first-order chi connectivity index (χ1) is 10.1. The zero-order valence-electron chi connectivity index (χ0n) is 11.8. The van der Waals surface area contributed by atoms with Gasteiger partial charge in [-0.15, -0.1) is 0 Å². The van der Waals surface area contributed by atoms with Crippen LogP contribution in [0.2, 0.25) is 5.02 Å². The molecule has 2 aromatic rings. The molecule has 1 unspecified atom stereocenters. The number of benzene rings is 1. The van der Waals surface area contributed by atoms with Gasteiger partial charge < -0.3 is 10.2 Å². The molecular weight excluding hydrogens is 288 g/mol. The number of rotatable bonds is 2. The number of carbonyl (C=O) groups excluding carboxylic acids is 1. The molecule has 0 radical (unpaired) electrons. The zero-order chi connectivity index (χ0) is 14.8. The summed E-state index contributed by atoms with van der Waals surface area (Å²) in [7, 11) is 0. The Balaban J connectivity index is 1.80. The summed E-state index contributed by atoms with van der Waals surface area (Å²) in [6.45, 7) is 4.32. The number of hydrogen-bond donors (Lipinski definition) is 1. The fourth-order valence-electron chi connectivity index (χ4n) is 2.48. The van der Waals surface area contributed by atoms with Crippen LogP contribution in [0.3, 0.4) is 0 Å². The van der Waals surface area contributed by atoms with Crippen LogP contribution < -0.4 is 5.32 Å². The molecule has 21 heavy (non-hydrogen) atoms. The zero-order valence-corrected chi connectivity index (χ0v) is 12.5. The maximum Gasteiger partial charge on any atom is 0.274 e. The highest BCUT2D eigenvalue weighted by Gasteiger charge is 2.23. The first kappa shape index (κ1) is 14.1. The molecule has 1 aliphatic rings. The quantitative estimate of drug-likeness (QED) is 0.923. The van der Waals surface area contributed by atoms with Crippen LogP contribution in [0, 0.1) is 0 Å². The molecule has 1 amide bonds. The van der Waals surface area contributed by atoms with E-state index in [1.165, 1.54) is 0 Å². The lowest BCUT2D eigenvalue weighted by atomic mass is 10.2. The van der Waals surface area contributed by atoms with Crippen LogP contribution in [0.5, 0.6) is 0 Å². The van der Waals surface area contributed by atoms with Crippen LogP contribution in [0.25, 0.3) is 5.69 Å².